The van der Waals surface area contributed by atoms with Crippen LogP contribution in [0, 0.1) is 0 Å². The molecule has 0 unspecified atom stereocenters. The number of rotatable bonds is 5. The number of Topliss-reactive ketones (excluding diaryl/α,β-unsaturated/α-hetero) is 1. The van der Waals surface area contributed by atoms with Gasteiger partial charge in [0.15, 0.2) is 17.3 Å². The largest absolute Gasteiger partial charge is 0.493 e. The van der Waals surface area contributed by atoms with Crippen LogP contribution in [-0.2, 0) is 6.42 Å². The Balaban J connectivity index is 1.82. The zero-order chi connectivity index (χ0) is 14.8. The van der Waals surface area contributed by atoms with Gasteiger partial charge in [0.05, 0.1) is 19.1 Å². The highest BCUT2D eigenvalue weighted by atomic mass is 32.1. The molecule has 0 saturated heterocycles. The molecule has 0 saturated carbocycles. The van der Waals surface area contributed by atoms with E-state index in [2.05, 4.69) is 6.07 Å². The van der Waals surface area contributed by atoms with Gasteiger partial charge < -0.3 is 9.47 Å². The van der Waals surface area contributed by atoms with Crippen molar-refractivity contribution in [2.75, 3.05) is 14.2 Å². The molecule has 0 amide bonds. The molecule has 3 nitrogen and oxygen atoms in total. The molecule has 0 radical (unpaired) electrons. The van der Waals surface area contributed by atoms with E-state index in [1.54, 1.807) is 36.9 Å². The van der Waals surface area contributed by atoms with Crippen LogP contribution in [0.5, 0.6) is 11.5 Å². The lowest BCUT2D eigenvalue weighted by Gasteiger charge is -2.08. The second kappa shape index (κ2) is 5.87. The summed E-state index contributed by atoms with van der Waals surface area (Å²) in [5.74, 6) is 1.45. The van der Waals surface area contributed by atoms with E-state index in [1.807, 2.05) is 29.6 Å². The molecule has 0 spiro atoms. The Morgan fingerprint density at radius 1 is 1.05 bits per heavy atom. The summed E-state index contributed by atoms with van der Waals surface area (Å²) in [5, 5.41) is 2.05. The third-order valence-electron chi connectivity index (χ3n) is 3.23. The van der Waals surface area contributed by atoms with Crippen LogP contribution in [0.25, 0.3) is 9.40 Å². The van der Waals surface area contributed by atoms with E-state index >= 15 is 0 Å². The van der Waals surface area contributed by atoms with Crippen molar-refractivity contribution in [3.63, 3.8) is 0 Å². The lowest BCUT2D eigenvalue weighted by atomic mass is 10.1. The molecule has 108 valence electrons. The quantitative estimate of drug-likeness (QED) is 0.654. The van der Waals surface area contributed by atoms with Crippen molar-refractivity contribution in [2.24, 2.45) is 0 Å². The summed E-state index contributed by atoms with van der Waals surface area (Å²) in [4.78, 5) is 13.2. The Kier molecular flexibility index (Phi) is 3.94. The lowest BCUT2D eigenvalue weighted by Crippen LogP contribution is -2.02. The van der Waals surface area contributed by atoms with Crippen molar-refractivity contribution < 1.29 is 14.3 Å². The second-order valence-corrected chi connectivity index (χ2v) is 6.58. The molecule has 2 heterocycles. The highest BCUT2D eigenvalue weighted by Gasteiger charge is 2.13. The molecule has 3 aromatic rings. The van der Waals surface area contributed by atoms with Crippen LogP contribution < -0.4 is 9.47 Å². The molecule has 0 bridgehead atoms. The Hall–Kier alpha value is -1.85. The van der Waals surface area contributed by atoms with Crippen LogP contribution in [0.15, 0.2) is 35.7 Å². The number of carbonyl (C=O) groups excluding carboxylic acids is 1. The lowest BCUT2D eigenvalue weighted by molar-refractivity contribution is 0.0997. The molecule has 21 heavy (non-hydrogen) atoms. The standard InChI is InChI=1S/C16H14O3S2/c1-18-12-4-3-10(8-13(12)19-2)7-11(17)15-9-16-14(21-15)5-6-20-16/h3-6,8-9H,7H2,1-2H3. The number of benzene rings is 1. The first-order valence-corrected chi connectivity index (χ1v) is 8.12. The van der Waals surface area contributed by atoms with Crippen LogP contribution in [0.3, 0.4) is 0 Å². The number of hydrogen-bond donors (Lipinski definition) is 0. The van der Waals surface area contributed by atoms with Gasteiger partial charge in [0.2, 0.25) is 0 Å². The molecule has 3 rings (SSSR count). The Morgan fingerprint density at radius 3 is 2.57 bits per heavy atom. The third-order valence-corrected chi connectivity index (χ3v) is 5.36. The highest BCUT2D eigenvalue weighted by molar-refractivity contribution is 7.27. The number of thiophene rings is 2. The zero-order valence-corrected chi connectivity index (χ0v) is 13.3. The summed E-state index contributed by atoms with van der Waals surface area (Å²) in [7, 11) is 3.19. The van der Waals surface area contributed by atoms with Crippen molar-refractivity contribution in [1.29, 1.82) is 0 Å². The molecule has 0 fully saturated rings. The average molecular weight is 318 g/mol. The zero-order valence-electron chi connectivity index (χ0n) is 11.7. The molecular weight excluding hydrogens is 304 g/mol. The normalized spacial score (nSPS) is 10.8. The molecule has 1 aromatic carbocycles. The fourth-order valence-electron chi connectivity index (χ4n) is 2.17. The van der Waals surface area contributed by atoms with Gasteiger partial charge >= 0.3 is 0 Å². The van der Waals surface area contributed by atoms with Gasteiger partial charge in [-0.05, 0) is 35.2 Å². The molecule has 2 aromatic heterocycles. The molecule has 0 aliphatic rings. The van der Waals surface area contributed by atoms with Gasteiger partial charge in [-0.15, -0.1) is 22.7 Å². The minimum atomic E-state index is 0.135. The highest BCUT2D eigenvalue weighted by Crippen LogP contribution is 2.32. The van der Waals surface area contributed by atoms with Crippen molar-refractivity contribution in [1.82, 2.24) is 0 Å². The monoisotopic (exact) mass is 318 g/mol. The van der Waals surface area contributed by atoms with Crippen LogP contribution >= 0.6 is 22.7 Å². The van der Waals surface area contributed by atoms with Crippen LogP contribution in [0.1, 0.15) is 15.2 Å². The first-order valence-electron chi connectivity index (χ1n) is 6.42. The van der Waals surface area contributed by atoms with Crippen molar-refractivity contribution in [2.45, 2.75) is 6.42 Å². The Labute approximate surface area is 130 Å². The molecule has 5 heteroatoms. The number of methoxy groups -OCH3 is 2. The summed E-state index contributed by atoms with van der Waals surface area (Å²) in [6, 6.07) is 9.61. The number of carbonyl (C=O) groups is 1. The number of ketones is 1. The van der Waals surface area contributed by atoms with E-state index < -0.39 is 0 Å². The molecule has 0 N–H and O–H groups in total. The predicted molar refractivity (Wildman–Crippen MR) is 87.3 cm³/mol. The summed E-state index contributed by atoms with van der Waals surface area (Å²) < 4.78 is 12.8. The Morgan fingerprint density at radius 2 is 1.86 bits per heavy atom. The van der Waals surface area contributed by atoms with Gasteiger partial charge in [0.1, 0.15) is 0 Å². The summed E-state index contributed by atoms with van der Waals surface area (Å²) >= 11 is 3.22. The van der Waals surface area contributed by atoms with Crippen LogP contribution in [-0.4, -0.2) is 20.0 Å². The fraction of sp³-hybridized carbons (Fsp3) is 0.188. The maximum absolute atomic E-state index is 12.4. The number of fused-ring (bicyclic) bond motifs is 1. The van der Waals surface area contributed by atoms with Crippen molar-refractivity contribution in [3.05, 3.63) is 46.2 Å². The summed E-state index contributed by atoms with van der Waals surface area (Å²) in [6.45, 7) is 0. The van der Waals surface area contributed by atoms with Crippen LogP contribution in [0.4, 0.5) is 0 Å². The molecule has 0 atom stereocenters. The third kappa shape index (κ3) is 2.80. The summed E-state index contributed by atoms with van der Waals surface area (Å²) in [5.41, 5.74) is 0.925. The van der Waals surface area contributed by atoms with E-state index in [0.717, 1.165) is 10.4 Å². The smallest absolute Gasteiger partial charge is 0.177 e. The van der Waals surface area contributed by atoms with Crippen LogP contribution in [0.2, 0.25) is 0 Å². The van der Waals surface area contributed by atoms with Gasteiger partial charge in [-0.3, -0.25) is 4.79 Å². The van der Waals surface area contributed by atoms with Gasteiger partial charge in [-0.25, -0.2) is 0 Å². The molecular formula is C16H14O3S2. The van der Waals surface area contributed by atoms with E-state index in [0.29, 0.717) is 17.9 Å². The number of ether oxygens (including phenoxy) is 2. The summed E-state index contributed by atoms with van der Waals surface area (Å²) in [6.07, 6.45) is 0.369. The SMILES string of the molecule is COc1ccc(CC(=O)c2cc3sccc3s2)cc1OC. The van der Waals surface area contributed by atoms with Gasteiger partial charge in [-0.1, -0.05) is 6.07 Å². The maximum Gasteiger partial charge on any atom is 0.177 e. The minimum absolute atomic E-state index is 0.135. The first-order chi connectivity index (χ1) is 10.2. The predicted octanol–water partition coefficient (Wildman–Crippen LogP) is 4.41. The van der Waals surface area contributed by atoms with Gasteiger partial charge in [-0.2, -0.15) is 0 Å². The average Bonchev–Trinajstić information content (AvgIpc) is 3.08. The number of hydrogen-bond acceptors (Lipinski definition) is 5. The Bertz CT molecular complexity index is 757. The van der Waals surface area contributed by atoms with Gasteiger partial charge in [0, 0.05) is 15.8 Å². The minimum Gasteiger partial charge on any atom is -0.493 e. The van der Waals surface area contributed by atoms with E-state index in [1.165, 1.54) is 9.40 Å². The fourth-order valence-corrected chi connectivity index (χ4v) is 4.21. The van der Waals surface area contributed by atoms with E-state index in [9.17, 15) is 4.79 Å². The second-order valence-electron chi connectivity index (χ2n) is 4.55. The molecule has 0 aliphatic carbocycles. The van der Waals surface area contributed by atoms with Gasteiger partial charge in [0.25, 0.3) is 0 Å². The first kappa shape index (κ1) is 14.1. The molecule has 0 aliphatic heterocycles. The van der Waals surface area contributed by atoms with Crippen molar-refractivity contribution >= 4 is 37.9 Å². The maximum atomic E-state index is 12.4. The topological polar surface area (TPSA) is 35.5 Å². The van der Waals surface area contributed by atoms with E-state index in [-0.39, 0.29) is 5.78 Å². The van der Waals surface area contributed by atoms with Crippen molar-refractivity contribution in [3.8, 4) is 11.5 Å². The van der Waals surface area contributed by atoms with E-state index in [4.69, 9.17) is 9.47 Å².